The van der Waals surface area contributed by atoms with Crippen molar-refractivity contribution in [3.63, 3.8) is 0 Å². The van der Waals surface area contributed by atoms with E-state index >= 15 is 0 Å². The Hall–Kier alpha value is -2.55. The lowest BCUT2D eigenvalue weighted by atomic mass is 9.67. The number of benzene rings is 1. The van der Waals surface area contributed by atoms with Crippen molar-refractivity contribution in [3.05, 3.63) is 33.9 Å². The van der Waals surface area contributed by atoms with Gasteiger partial charge in [0.2, 0.25) is 11.8 Å². The molecule has 2 amide bonds. The first-order valence-electron chi connectivity index (χ1n) is 10.2. The lowest BCUT2D eigenvalue weighted by molar-refractivity contribution is -0.384. The zero-order valence-corrected chi connectivity index (χ0v) is 16.7. The molecule has 0 unspecified atom stereocenters. The number of rotatable bonds is 2. The lowest BCUT2D eigenvalue weighted by Crippen LogP contribution is -2.72. The van der Waals surface area contributed by atoms with Crippen LogP contribution in [0.1, 0.15) is 44.1 Å². The fourth-order valence-corrected chi connectivity index (χ4v) is 5.55. The number of anilines is 1. The smallest absolute Gasteiger partial charge is 0.269 e. The third-order valence-corrected chi connectivity index (χ3v) is 7.03. The minimum Gasteiger partial charge on any atom is -0.367 e. The molecule has 2 atom stereocenters. The number of hydrogen-bond donors (Lipinski definition) is 1. The maximum atomic E-state index is 13.8. The Bertz CT molecular complexity index is 946. The summed E-state index contributed by atoms with van der Waals surface area (Å²) in [7, 11) is 0. The highest BCUT2D eigenvalue weighted by atomic mass is 32.1. The highest BCUT2D eigenvalue weighted by Crippen LogP contribution is 2.49. The van der Waals surface area contributed by atoms with E-state index in [0.717, 1.165) is 50.8 Å². The minimum absolute atomic E-state index is 0.0228. The highest BCUT2D eigenvalue weighted by molar-refractivity contribution is 7.80. The molecule has 4 aliphatic rings. The normalized spacial score (nSPS) is 29.2. The van der Waals surface area contributed by atoms with Gasteiger partial charge in [-0.05, 0) is 49.5 Å². The van der Waals surface area contributed by atoms with Gasteiger partial charge in [0.25, 0.3) is 5.69 Å². The zero-order valence-electron chi connectivity index (χ0n) is 15.9. The van der Waals surface area contributed by atoms with Crippen LogP contribution in [0.2, 0.25) is 0 Å². The Morgan fingerprint density at radius 2 is 1.97 bits per heavy atom. The van der Waals surface area contributed by atoms with Gasteiger partial charge in [0.15, 0.2) is 10.5 Å². The second-order valence-electron chi connectivity index (χ2n) is 8.44. The van der Waals surface area contributed by atoms with E-state index in [-0.39, 0.29) is 41.1 Å². The maximum absolute atomic E-state index is 13.8. The topological polar surface area (TPSA) is 95.8 Å². The van der Waals surface area contributed by atoms with Gasteiger partial charge >= 0.3 is 0 Å². The van der Waals surface area contributed by atoms with Gasteiger partial charge in [0.1, 0.15) is 0 Å². The molecule has 1 aromatic carbocycles. The van der Waals surface area contributed by atoms with Gasteiger partial charge in [0.05, 0.1) is 11.0 Å². The molecule has 1 N–H and O–H groups in total. The monoisotopic (exact) mass is 414 g/mol. The number of nitrogens with zero attached hydrogens (tertiary/aromatic N) is 3. The van der Waals surface area contributed by atoms with Gasteiger partial charge in [0, 0.05) is 36.8 Å². The number of non-ortho nitro benzene ring substituents is 1. The number of carbonyl (C=O) groups is 2. The summed E-state index contributed by atoms with van der Waals surface area (Å²) in [5, 5.41) is 14.3. The van der Waals surface area contributed by atoms with Crippen LogP contribution in [0.4, 0.5) is 11.4 Å². The van der Waals surface area contributed by atoms with Crippen LogP contribution in [0.5, 0.6) is 0 Å². The third kappa shape index (κ3) is 2.67. The fraction of sp³-hybridized carbons (Fsp3) is 0.550. The Balaban J connectivity index is 1.67. The molecule has 2 saturated heterocycles. The molecule has 5 rings (SSSR count). The summed E-state index contributed by atoms with van der Waals surface area (Å²) in [6, 6.07) is 4.59. The number of hydrogen-bond acceptors (Lipinski definition) is 6. The maximum Gasteiger partial charge on any atom is 0.269 e. The Labute approximate surface area is 173 Å². The summed E-state index contributed by atoms with van der Waals surface area (Å²) in [6.45, 7) is 0.728. The molecule has 8 nitrogen and oxygen atoms in total. The molecule has 29 heavy (non-hydrogen) atoms. The molecule has 3 aliphatic heterocycles. The molecule has 3 fully saturated rings. The molecule has 1 aromatic rings. The van der Waals surface area contributed by atoms with E-state index in [1.54, 1.807) is 11.0 Å². The van der Waals surface area contributed by atoms with Crippen molar-refractivity contribution in [2.75, 3.05) is 11.4 Å². The van der Waals surface area contributed by atoms with Gasteiger partial charge in [-0.2, -0.15) is 0 Å². The average molecular weight is 414 g/mol. The van der Waals surface area contributed by atoms with Gasteiger partial charge in [-0.3, -0.25) is 24.6 Å². The third-order valence-electron chi connectivity index (χ3n) is 6.73. The van der Waals surface area contributed by atoms with Crippen molar-refractivity contribution < 1.29 is 14.5 Å². The molecule has 152 valence electrons. The van der Waals surface area contributed by atoms with E-state index in [4.69, 9.17) is 12.2 Å². The van der Waals surface area contributed by atoms with Crippen molar-refractivity contribution in [1.82, 2.24) is 10.2 Å². The van der Waals surface area contributed by atoms with Crippen molar-refractivity contribution in [1.29, 1.82) is 0 Å². The number of nitrogens with one attached hydrogen (secondary N) is 1. The summed E-state index contributed by atoms with van der Waals surface area (Å²) in [4.78, 5) is 41.8. The second-order valence-corrected chi connectivity index (χ2v) is 8.83. The summed E-state index contributed by atoms with van der Waals surface area (Å²) < 4.78 is 0. The quantitative estimate of drug-likeness (QED) is 0.345. The predicted octanol–water partition coefficient (Wildman–Crippen LogP) is 2.29. The second kappa shape index (κ2) is 6.48. The first-order valence-corrected chi connectivity index (χ1v) is 10.6. The minimum atomic E-state index is -1.29. The van der Waals surface area contributed by atoms with Gasteiger partial charge in [-0.15, -0.1) is 0 Å². The van der Waals surface area contributed by atoms with Crippen LogP contribution in [0, 0.1) is 15.5 Å². The molecule has 3 heterocycles. The summed E-state index contributed by atoms with van der Waals surface area (Å²) in [5.74, 6) is -0.596. The molecular formula is C20H22N4O4S. The van der Waals surface area contributed by atoms with Crippen LogP contribution in [0.25, 0.3) is 0 Å². The Morgan fingerprint density at radius 3 is 2.69 bits per heavy atom. The first-order chi connectivity index (χ1) is 13.9. The number of thiocarbonyl (C=S) groups is 1. The van der Waals surface area contributed by atoms with Crippen LogP contribution in [0.3, 0.4) is 0 Å². The number of carbonyl (C=O) groups excluding carboxylic acids is 2. The molecule has 0 radical (unpaired) electrons. The van der Waals surface area contributed by atoms with E-state index in [1.807, 2.05) is 0 Å². The Kier molecular flexibility index (Phi) is 4.13. The van der Waals surface area contributed by atoms with E-state index in [2.05, 4.69) is 10.2 Å². The van der Waals surface area contributed by atoms with Gasteiger partial charge in [-0.1, -0.05) is 12.8 Å². The molecule has 1 spiro atoms. The van der Waals surface area contributed by atoms with Gasteiger partial charge in [-0.25, -0.2) is 0 Å². The van der Waals surface area contributed by atoms with Crippen molar-refractivity contribution >= 4 is 40.5 Å². The van der Waals surface area contributed by atoms with E-state index in [9.17, 15) is 19.7 Å². The van der Waals surface area contributed by atoms with Gasteiger partial charge < -0.3 is 10.2 Å². The molecule has 0 aromatic heterocycles. The van der Waals surface area contributed by atoms with E-state index in [0.29, 0.717) is 5.56 Å². The summed E-state index contributed by atoms with van der Waals surface area (Å²) in [6.07, 6.45) is 5.61. The van der Waals surface area contributed by atoms with Crippen molar-refractivity contribution in [2.45, 2.75) is 57.0 Å². The van der Waals surface area contributed by atoms with Crippen LogP contribution < -0.4 is 10.2 Å². The van der Waals surface area contributed by atoms with Crippen LogP contribution in [0.15, 0.2) is 18.2 Å². The standard InChI is InChI=1S/C20H22N4O4S/c25-17-20(18(26)23(13-5-6-13)19(29)21-17)11-12-10-14(24(27)28)7-8-15(12)22-9-3-1-2-4-16(20)22/h7-8,10,13,16H,1-6,9,11H2,(H,21,25,29)/t16-,20-/m0/s1. The van der Waals surface area contributed by atoms with Crippen LogP contribution >= 0.6 is 12.2 Å². The predicted molar refractivity (Wildman–Crippen MR) is 109 cm³/mol. The number of nitro benzene ring substituents is 1. The highest BCUT2D eigenvalue weighted by Gasteiger charge is 2.62. The SMILES string of the molecule is O=C1NC(=S)N(C2CC2)C(=O)[C@]12Cc1cc([N+](=O)[O-])ccc1N1CCCCC[C@H]12. The van der Waals surface area contributed by atoms with Crippen molar-refractivity contribution in [3.8, 4) is 0 Å². The lowest BCUT2D eigenvalue weighted by Gasteiger charge is -2.52. The number of amides is 2. The molecule has 1 aliphatic carbocycles. The number of nitro groups is 1. The molecule has 0 bridgehead atoms. The van der Waals surface area contributed by atoms with Crippen LogP contribution in [-0.4, -0.2) is 45.4 Å². The van der Waals surface area contributed by atoms with Crippen molar-refractivity contribution in [2.24, 2.45) is 5.41 Å². The molecule has 9 heteroatoms. The first kappa shape index (κ1) is 18.5. The summed E-state index contributed by atoms with van der Waals surface area (Å²) in [5.41, 5.74) is 0.270. The largest absolute Gasteiger partial charge is 0.367 e. The molecule has 1 saturated carbocycles. The Morgan fingerprint density at radius 1 is 1.17 bits per heavy atom. The zero-order chi connectivity index (χ0) is 20.3. The van der Waals surface area contributed by atoms with Crippen LogP contribution in [-0.2, 0) is 16.0 Å². The average Bonchev–Trinajstić information content (AvgIpc) is 3.52. The molecular weight excluding hydrogens is 392 g/mol. The fourth-order valence-electron chi connectivity index (χ4n) is 5.22. The summed E-state index contributed by atoms with van der Waals surface area (Å²) >= 11 is 5.33. The van der Waals surface area contributed by atoms with E-state index < -0.39 is 10.3 Å². The number of fused-ring (bicyclic) bond motifs is 4. The van der Waals surface area contributed by atoms with E-state index in [1.165, 1.54) is 12.1 Å².